The Kier molecular flexibility index (Phi) is 6.64. The molecule has 1 amide bonds. The van der Waals surface area contributed by atoms with Crippen LogP contribution in [0.25, 0.3) is 0 Å². The summed E-state index contributed by atoms with van der Waals surface area (Å²) in [7, 11) is -3.78. The third-order valence-corrected chi connectivity index (χ3v) is 5.91. The van der Waals surface area contributed by atoms with Crippen LogP contribution in [0.1, 0.15) is 12.5 Å². The maximum Gasteiger partial charge on any atom is 0.265 e. The predicted octanol–water partition coefficient (Wildman–Crippen LogP) is 4.86. The van der Waals surface area contributed by atoms with Crippen molar-refractivity contribution < 1.29 is 17.9 Å². The van der Waals surface area contributed by atoms with Crippen molar-refractivity contribution in [3.05, 3.63) is 83.4 Å². The molecular weight excluding hydrogens is 424 g/mol. The lowest BCUT2D eigenvalue weighted by atomic mass is 10.2. The van der Waals surface area contributed by atoms with Crippen LogP contribution in [0.15, 0.2) is 77.7 Å². The number of hydrogen-bond donors (Lipinski definition) is 2. The Morgan fingerprint density at radius 3 is 2.30 bits per heavy atom. The molecule has 8 heteroatoms. The summed E-state index contributed by atoms with van der Waals surface area (Å²) < 4.78 is 33.4. The van der Waals surface area contributed by atoms with Gasteiger partial charge in [-0.1, -0.05) is 29.8 Å². The molecular formula is C22H21ClN2O4S. The van der Waals surface area contributed by atoms with Gasteiger partial charge in [0.05, 0.1) is 10.6 Å². The van der Waals surface area contributed by atoms with E-state index in [4.69, 9.17) is 16.3 Å². The molecule has 30 heavy (non-hydrogen) atoms. The van der Waals surface area contributed by atoms with E-state index in [0.29, 0.717) is 27.7 Å². The number of para-hydroxylation sites is 1. The monoisotopic (exact) mass is 444 g/mol. The van der Waals surface area contributed by atoms with E-state index in [1.165, 1.54) is 24.3 Å². The minimum atomic E-state index is -3.78. The number of anilines is 2. The highest BCUT2D eigenvalue weighted by Gasteiger charge is 2.17. The van der Waals surface area contributed by atoms with Crippen LogP contribution in [-0.4, -0.2) is 20.4 Å². The van der Waals surface area contributed by atoms with Crippen LogP contribution in [0.3, 0.4) is 0 Å². The van der Waals surface area contributed by atoms with Crippen LogP contribution in [0, 0.1) is 6.92 Å². The molecule has 0 spiro atoms. The number of nitrogens with one attached hydrogen (secondary N) is 2. The van der Waals surface area contributed by atoms with E-state index in [2.05, 4.69) is 10.0 Å². The molecule has 0 bridgehead atoms. The lowest BCUT2D eigenvalue weighted by molar-refractivity contribution is -0.122. The van der Waals surface area contributed by atoms with E-state index >= 15 is 0 Å². The molecule has 2 N–H and O–H groups in total. The fourth-order valence-electron chi connectivity index (χ4n) is 2.66. The maximum absolute atomic E-state index is 12.6. The molecule has 0 saturated heterocycles. The van der Waals surface area contributed by atoms with Crippen molar-refractivity contribution in [2.24, 2.45) is 0 Å². The van der Waals surface area contributed by atoms with Gasteiger partial charge < -0.3 is 10.1 Å². The third kappa shape index (κ3) is 5.52. The number of halogens is 1. The van der Waals surface area contributed by atoms with E-state index in [1.54, 1.807) is 44.2 Å². The summed E-state index contributed by atoms with van der Waals surface area (Å²) in [6.45, 7) is 3.40. The van der Waals surface area contributed by atoms with E-state index < -0.39 is 16.1 Å². The molecule has 3 rings (SSSR count). The van der Waals surface area contributed by atoms with E-state index in [1.807, 2.05) is 18.2 Å². The van der Waals surface area contributed by atoms with Crippen molar-refractivity contribution >= 4 is 38.9 Å². The highest BCUT2D eigenvalue weighted by atomic mass is 35.5. The summed E-state index contributed by atoms with van der Waals surface area (Å²) in [4.78, 5) is 12.4. The summed E-state index contributed by atoms with van der Waals surface area (Å²) in [5, 5.41) is 3.24. The Morgan fingerprint density at radius 2 is 1.67 bits per heavy atom. The van der Waals surface area contributed by atoms with Gasteiger partial charge in [-0.25, -0.2) is 8.42 Å². The molecule has 0 aliphatic heterocycles. The second-order valence-corrected chi connectivity index (χ2v) is 8.77. The van der Waals surface area contributed by atoms with Crippen molar-refractivity contribution in [2.45, 2.75) is 24.8 Å². The van der Waals surface area contributed by atoms with Crippen LogP contribution in [0.2, 0.25) is 5.02 Å². The number of amides is 1. The Balaban J connectivity index is 1.65. The quantitative estimate of drug-likeness (QED) is 0.545. The van der Waals surface area contributed by atoms with Gasteiger partial charge in [0.1, 0.15) is 5.75 Å². The molecule has 0 fully saturated rings. The highest BCUT2D eigenvalue weighted by Crippen LogP contribution is 2.23. The van der Waals surface area contributed by atoms with Crippen molar-refractivity contribution in [2.75, 3.05) is 10.0 Å². The number of sulfonamides is 1. The molecule has 156 valence electrons. The first kappa shape index (κ1) is 21.7. The molecule has 0 radical (unpaired) electrons. The maximum atomic E-state index is 12.6. The van der Waals surface area contributed by atoms with Gasteiger partial charge in [-0.15, -0.1) is 0 Å². The molecule has 0 heterocycles. The Labute approximate surface area is 180 Å². The number of rotatable bonds is 7. The van der Waals surface area contributed by atoms with Crippen LogP contribution in [0.5, 0.6) is 5.75 Å². The normalized spacial score (nSPS) is 12.1. The van der Waals surface area contributed by atoms with Crippen molar-refractivity contribution in [1.29, 1.82) is 0 Å². The summed E-state index contributed by atoms with van der Waals surface area (Å²) >= 11 is 5.91. The van der Waals surface area contributed by atoms with Gasteiger partial charge in [-0.2, -0.15) is 0 Å². The molecule has 6 nitrogen and oxygen atoms in total. The summed E-state index contributed by atoms with van der Waals surface area (Å²) in [5.41, 5.74) is 1.62. The van der Waals surface area contributed by atoms with Crippen LogP contribution < -0.4 is 14.8 Å². The standard InChI is InChI=1S/C22H21ClN2O4S/c1-15-14-17(23)8-13-21(15)25-30(27,28)20-11-9-18(10-12-20)24-22(26)16(2)29-19-6-4-3-5-7-19/h3-14,16,25H,1-2H3,(H,24,26)/t16-/m1/s1. The fourth-order valence-corrected chi connectivity index (χ4v) is 4.02. The van der Waals surface area contributed by atoms with Gasteiger partial charge in [0.25, 0.3) is 15.9 Å². The fraction of sp³-hybridized carbons (Fsp3) is 0.136. The summed E-state index contributed by atoms with van der Waals surface area (Å²) in [5.74, 6) is 0.245. The van der Waals surface area contributed by atoms with Gasteiger partial charge in [0.15, 0.2) is 6.10 Å². The van der Waals surface area contributed by atoms with E-state index in [0.717, 1.165) is 0 Å². The highest BCUT2D eigenvalue weighted by molar-refractivity contribution is 7.92. The first-order chi connectivity index (χ1) is 14.2. The van der Waals surface area contributed by atoms with Gasteiger partial charge in [-0.3, -0.25) is 9.52 Å². The zero-order valence-electron chi connectivity index (χ0n) is 16.4. The van der Waals surface area contributed by atoms with Crippen LogP contribution in [0.4, 0.5) is 11.4 Å². The molecule has 3 aromatic carbocycles. The number of aryl methyl sites for hydroxylation is 1. The Morgan fingerprint density at radius 1 is 1.00 bits per heavy atom. The second-order valence-electron chi connectivity index (χ2n) is 6.65. The zero-order valence-corrected chi connectivity index (χ0v) is 18.0. The molecule has 0 aromatic heterocycles. The van der Waals surface area contributed by atoms with Crippen molar-refractivity contribution in [3.8, 4) is 5.75 Å². The third-order valence-electron chi connectivity index (χ3n) is 4.29. The van der Waals surface area contributed by atoms with Gasteiger partial charge in [0.2, 0.25) is 0 Å². The Hall–Kier alpha value is -3.03. The minimum absolute atomic E-state index is 0.0726. The lowest BCUT2D eigenvalue weighted by Gasteiger charge is -2.15. The smallest absolute Gasteiger partial charge is 0.265 e. The molecule has 0 aliphatic rings. The number of hydrogen-bond acceptors (Lipinski definition) is 4. The van der Waals surface area contributed by atoms with Crippen LogP contribution >= 0.6 is 11.6 Å². The number of carbonyl (C=O) groups is 1. The average Bonchev–Trinajstić information content (AvgIpc) is 2.71. The first-order valence-corrected chi connectivity index (χ1v) is 11.0. The molecule has 0 saturated carbocycles. The zero-order chi connectivity index (χ0) is 21.7. The molecule has 0 unspecified atom stereocenters. The molecule has 3 aromatic rings. The predicted molar refractivity (Wildman–Crippen MR) is 119 cm³/mol. The Bertz CT molecular complexity index is 1130. The van der Waals surface area contributed by atoms with Gasteiger partial charge in [0, 0.05) is 10.7 Å². The van der Waals surface area contributed by atoms with Crippen LogP contribution in [-0.2, 0) is 14.8 Å². The summed E-state index contributed by atoms with van der Waals surface area (Å²) in [6.07, 6.45) is -0.717. The van der Waals surface area contributed by atoms with E-state index in [9.17, 15) is 13.2 Å². The summed E-state index contributed by atoms with van der Waals surface area (Å²) in [6, 6.07) is 19.8. The second kappa shape index (κ2) is 9.19. The number of benzene rings is 3. The minimum Gasteiger partial charge on any atom is -0.481 e. The molecule has 0 aliphatic carbocycles. The number of ether oxygens (including phenoxy) is 1. The van der Waals surface area contributed by atoms with Crippen molar-refractivity contribution in [3.63, 3.8) is 0 Å². The lowest BCUT2D eigenvalue weighted by Crippen LogP contribution is -2.30. The molecule has 1 atom stereocenters. The van der Waals surface area contributed by atoms with Gasteiger partial charge >= 0.3 is 0 Å². The van der Waals surface area contributed by atoms with Gasteiger partial charge in [-0.05, 0) is 74.0 Å². The SMILES string of the molecule is Cc1cc(Cl)ccc1NS(=O)(=O)c1ccc(NC(=O)[C@@H](C)Oc2ccccc2)cc1. The number of carbonyl (C=O) groups excluding carboxylic acids is 1. The van der Waals surface area contributed by atoms with Crippen molar-refractivity contribution in [1.82, 2.24) is 0 Å². The largest absolute Gasteiger partial charge is 0.481 e. The first-order valence-electron chi connectivity index (χ1n) is 9.16. The topological polar surface area (TPSA) is 84.5 Å². The average molecular weight is 445 g/mol. The van der Waals surface area contributed by atoms with E-state index in [-0.39, 0.29) is 10.8 Å².